The monoisotopic (exact) mass is 214 g/mol. The largest absolute Gasteiger partial charge is 0.358 e. The Morgan fingerprint density at radius 3 is 3.00 bits per heavy atom. The van der Waals surface area contributed by atoms with Crippen LogP contribution in [0.4, 0.5) is 0 Å². The molecule has 84 valence electrons. The fourth-order valence-corrected chi connectivity index (χ4v) is 2.64. The number of H-pyrrole nitrogens is 1. The number of aromatic nitrogens is 1. The summed E-state index contributed by atoms with van der Waals surface area (Å²) in [6.07, 6.45) is 3.57. The Balaban J connectivity index is 2.17. The SMILES string of the molecule is Cc1ccc2[nH]c3c(c2c1)CCCNCC3. The van der Waals surface area contributed by atoms with Gasteiger partial charge < -0.3 is 10.3 Å². The lowest BCUT2D eigenvalue weighted by Gasteiger charge is -2.11. The average molecular weight is 214 g/mol. The molecule has 3 rings (SSSR count). The van der Waals surface area contributed by atoms with Crippen molar-refractivity contribution in [3.63, 3.8) is 0 Å². The van der Waals surface area contributed by atoms with Gasteiger partial charge in [-0.15, -0.1) is 0 Å². The molecule has 2 aromatic rings. The highest BCUT2D eigenvalue weighted by Gasteiger charge is 2.12. The average Bonchev–Trinajstić information content (AvgIpc) is 2.55. The minimum Gasteiger partial charge on any atom is -0.358 e. The van der Waals surface area contributed by atoms with Crippen LogP contribution in [-0.2, 0) is 12.8 Å². The Hall–Kier alpha value is -1.28. The van der Waals surface area contributed by atoms with Gasteiger partial charge in [-0.2, -0.15) is 0 Å². The van der Waals surface area contributed by atoms with Crippen molar-refractivity contribution in [2.75, 3.05) is 13.1 Å². The van der Waals surface area contributed by atoms with E-state index in [4.69, 9.17) is 0 Å². The summed E-state index contributed by atoms with van der Waals surface area (Å²) >= 11 is 0. The van der Waals surface area contributed by atoms with E-state index in [1.807, 2.05) is 0 Å². The van der Waals surface area contributed by atoms with Gasteiger partial charge in [0.1, 0.15) is 0 Å². The highest BCUT2D eigenvalue weighted by Crippen LogP contribution is 2.25. The summed E-state index contributed by atoms with van der Waals surface area (Å²) in [6.45, 7) is 4.42. The third-order valence-electron chi connectivity index (χ3n) is 3.48. The molecule has 1 aromatic heterocycles. The normalized spacial score (nSPS) is 16.8. The first kappa shape index (κ1) is 9.91. The van der Waals surface area contributed by atoms with Crippen molar-refractivity contribution in [1.29, 1.82) is 0 Å². The van der Waals surface area contributed by atoms with Crippen LogP contribution in [0.2, 0.25) is 0 Å². The van der Waals surface area contributed by atoms with Gasteiger partial charge in [-0.3, -0.25) is 0 Å². The third kappa shape index (κ3) is 1.63. The number of nitrogens with one attached hydrogen (secondary N) is 2. The Morgan fingerprint density at radius 2 is 2.06 bits per heavy atom. The van der Waals surface area contributed by atoms with Gasteiger partial charge in [0.05, 0.1) is 0 Å². The summed E-state index contributed by atoms with van der Waals surface area (Å²) < 4.78 is 0. The van der Waals surface area contributed by atoms with Gasteiger partial charge >= 0.3 is 0 Å². The second-order valence-electron chi connectivity index (χ2n) is 4.73. The van der Waals surface area contributed by atoms with Gasteiger partial charge in [-0.25, -0.2) is 0 Å². The molecule has 0 amide bonds. The first-order chi connectivity index (χ1) is 7.84. The van der Waals surface area contributed by atoms with E-state index in [-0.39, 0.29) is 0 Å². The van der Waals surface area contributed by atoms with Crippen molar-refractivity contribution < 1.29 is 0 Å². The van der Waals surface area contributed by atoms with Crippen LogP contribution in [0.25, 0.3) is 10.9 Å². The molecule has 1 aromatic carbocycles. The third-order valence-corrected chi connectivity index (χ3v) is 3.48. The molecule has 0 saturated carbocycles. The van der Waals surface area contributed by atoms with E-state index in [2.05, 4.69) is 35.4 Å². The van der Waals surface area contributed by atoms with Crippen molar-refractivity contribution in [3.8, 4) is 0 Å². The van der Waals surface area contributed by atoms with Crippen LogP contribution in [-0.4, -0.2) is 18.1 Å². The summed E-state index contributed by atoms with van der Waals surface area (Å²) in [5.74, 6) is 0. The zero-order chi connectivity index (χ0) is 11.0. The van der Waals surface area contributed by atoms with Gasteiger partial charge in [-0.05, 0) is 44.0 Å². The lowest BCUT2D eigenvalue weighted by molar-refractivity contribution is 0.623. The smallest absolute Gasteiger partial charge is 0.0459 e. The van der Waals surface area contributed by atoms with E-state index in [9.17, 15) is 0 Å². The molecule has 0 fully saturated rings. The highest BCUT2D eigenvalue weighted by molar-refractivity contribution is 5.85. The number of aryl methyl sites for hydroxylation is 2. The highest BCUT2D eigenvalue weighted by atomic mass is 14.9. The van der Waals surface area contributed by atoms with Gasteiger partial charge in [0, 0.05) is 29.6 Å². The summed E-state index contributed by atoms with van der Waals surface area (Å²) in [6, 6.07) is 6.72. The number of fused-ring (bicyclic) bond motifs is 3. The molecule has 0 unspecified atom stereocenters. The molecule has 2 N–H and O–H groups in total. The van der Waals surface area contributed by atoms with Crippen LogP contribution in [0.3, 0.4) is 0 Å². The maximum atomic E-state index is 3.57. The molecule has 2 heterocycles. The minimum atomic E-state index is 1.10. The fraction of sp³-hybridized carbons (Fsp3) is 0.429. The maximum Gasteiger partial charge on any atom is 0.0459 e. The second-order valence-corrected chi connectivity index (χ2v) is 4.73. The molecule has 2 nitrogen and oxygen atoms in total. The second kappa shape index (κ2) is 3.95. The zero-order valence-corrected chi connectivity index (χ0v) is 9.77. The Labute approximate surface area is 96.1 Å². The van der Waals surface area contributed by atoms with Gasteiger partial charge in [0.15, 0.2) is 0 Å². The summed E-state index contributed by atoms with van der Waals surface area (Å²) in [5, 5.41) is 4.91. The molecule has 0 bridgehead atoms. The predicted molar refractivity (Wildman–Crippen MR) is 67.9 cm³/mol. The maximum absolute atomic E-state index is 3.57. The first-order valence-corrected chi connectivity index (χ1v) is 6.15. The number of rotatable bonds is 0. The van der Waals surface area contributed by atoms with Gasteiger partial charge in [0.2, 0.25) is 0 Å². The van der Waals surface area contributed by atoms with Crippen LogP contribution >= 0.6 is 0 Å². The van der Waals surface area contributed by atoms with Gasteiger partial charge in [-0.1, -0.05) is 11.6 Å². The Bertz CT molecular complexity index is 511. The van der Waals surface area contributed by atoms with E-state index in [0.29, 0.717) is 0 Å². The van der Waals surface area contributed by atoms with Crippen LogP contribution in [0.5, 0.6) is 0 Å². The van der Waals surface area contributed by atoms with Crippen molar-refractivity contribution in [1.82, 2.24) is 10.3 Å². The van der Waals surface area contributed by atoms with Crippen molar-refractivity contribution >= 4 is 10.9 Å². The van der Waals surface area contributed by atoms with E-state index >= 15 is 0 Å². The molecule has 0 radical (unpaired) electrons. The predicted octanol–water partition coefficient (Wildman–Crippen LogP) is 2.55. The molecular weight excluding hydrogens is 196 g/mol. The van der Waals surface area contributed by atoms with Crippen LogP contribution in [0.1, 0.15) is 23.2 Å². The molecular formula is C14H18N2. The van der Waals surface area contributed by atoms with Crippen molar-refractivity contribution in [2.45, 2.75) is 26.2 Å². The van der Waals surface area contributed by atoms with Crippen molar-refractivity contribution in [3.05, 3.63) is 35.0 Å². The van der Waals surface area contributed by atoms with E-state index in [0.717, 1.165) is 19.5 Å². The minimum absolute atomic E-state index is 1.10. The molecule has 2 heteroatoms. The van der Waals surface area contributed by atoms with Crippen LogP contribution < -0.4 is 5.32 Å². The number of hydrogen-bond acceptors (Lipinski definition) is 1. The van der Waals surface area contributed by atoms with Gasteiger partial charge in [0.25, 0.3) is 0 Å². The lowest BCUT2D eigenvalue weighted by atomic mass is 10.0. The number of aromatic amines is 1. The first-order valence-electron chi connectivity index (χ1n) is 6.15. The topological polar surface area (TPSA) is 27.8 Å². The lowest BCUT2D eigenvalue weighted by Crippen LogP contribution is -2.21. The molecule has 16 heavy (non-hydrogen) atoms. The van der Waals surface area contributed by atoms with E-state index < -0.39 is 0 Å². The molecule has 0 spiro atoms. The van der Waals surface area contributed by atoms with E-state index in [1.165, 1.54) is 35.0 Å². The Morgan fingerprint density at radius 1 is 1.12 bits per heavy atom. The summed E-state index contributed by atoms with van der Waals surface area (Å²) in [7, 11) is 0. The van der Waals surface area contributed by atoms with E-state index in [1.54, 1.807) is 5.56 Å². The quantitative estimate of drug-likeness (QED) is 0.693. The fourth-order valence-electron chi connectivity index (χ4n) is 2.64. The summed E-state index contributed by atoms with van der Waals surface area (Å²) in [5.41, 5.74) is 5.65. The molecule has 1 aliphatic heterocycles. The molecule has 0 saturated heterocycles. The number of hydrogen-bond donors (Lipinski definition) is 2. The molecule has 1 aliphatic rings. The van der Waals surface area contributed by atoms with Crippen LogP contribution in [0, 0.1) is 6.92 Å². The zero-order valence-electron chi connectivity index (χ0n) is 9.77. The number of benzene rings is 1. The Kier molecular flexibility index (Phi) is 2.44. The molecule has 0 aliphatic carbocycles. The summed E-state index contributed by atoms with van der Waals surface area (Å²) in [4.78, 5) is 3.57. The van der Waals surface area contributed by atoms with Crippen molar-refractivity contribution in [2.24, 2.45) is 0 Å². The van der Waals surface area contributed by atoms with Crippen LogP contribution in [0.15, 0.2) is 18.2 Å². The molecule has 0 atom stereocenters. The standard InChI is InChI=1S/C14H18N2/c1-10-4-5-13-12(9-10)11-3-2-7-15-8-6-14(11)16-13/h4-5,9,15-16H,2-3,6-8H2,1H3.